The molecule has 0 bridgehead atoms. The first-order valence-corrected chi connectivity index (χ1v) is 8.74. The van der Waals surface area contributed by atoms with Gasteiger partial charge in [-0.2, -0.15) is 0 Å². The van der Waals surface area contributed by atoms with E-state index in [1.807, 2.05) is 24.4 Å². The summed E-state index contributed by atoms with van der Waals surface area (Å²) in [5, 5.41) is 9.56. The topological polar surface area (TPSA) is 59.2 Å². The fourth-order valence-electron chi connectivity index (χ4n) is 3.76. The number of nitrogens with zero attached hydrogens (tertiary/aromatic N) is 6. The average Bonchev–Trinajstić information content (AvgIpc) is 3.11. The molecule has 0 aliphatic carbocycles. The van der Waals surface area contributed by atoms with Gasteiger partial charge < -0.3 is 4.90 Å². The zero-order valence-electron chi connectivity index (χ0n) is 14.1. The Kier molecular flexibility index (Phi) is 3.51. The van der Waals surface area contributed by atoms with Gasteiger partial charge >= 0.3 is 0 Å². The Morgan fingerprint density at radius 1 is 1.00 bits per heavy atom. The number of aromatic nitrogens is 5. The van der Waals surface area contributed by atoms with Gasteiger partial charge in [-0.05, 0) is 37.1 Å². The van der Waals surface area contributed by atoms with Gasteiger partial charge in [0, 0.05) is 36.7 Å². The second-order valence-electron chi connectivity index (χ2n) is 6.61. The number of anilines is 1. The smallest absolute Gasteiger partial charge is 0.160 e. The van der Waals surface area contributed by atoms with Crippen LogP contribution in [0, 0.1) is 5.82 Å². The summed E-state index contributed by atoms with van der Waals surface area (Å²) < 4.78 is 15.5. The molecule has 4 aromatic rings. The van der Waals surface area contributed by atoms with Crippen molar-refractivity contribution in [1.29, 1.82) is 0 Å². The third-order valence-corrected chi connectivity index (χ3v) is 5.08. The molecule has 0 N–H and O–H groups in total. The molecule has 1 aliphatic heterocycles. The molecular weight excluding hydrogens is 331 g/mol. The van der Waals surface area contributed by atoms with E-state index in [1.54, 1.807) is 6.07 Å². The summed E-state index contributed by atoms with van der Waals surface area (Å²) in [6.07, 6.45) is 5.48. The van der Waals surface area contributed by atoms with Gasteiger partial charge in [0.15, 0.2) is 5.65 Å². The van der Waals surface area contributed by atoms with Crippen molar-refractivity contribution in [2.24, 2.45) is 0 Å². The van der Waals surface area contributed by atoms with Gasteiger partial charge in [-0.3, -0.25) is 4.40 Å². The van der Waals surface area contributed by atoms with Crippen molar-refractivity contribution in [2.75, 3.05) is 18.0 Å². The Morgan fingerprint density at radius 2 is 1.88 bits per heavy atom. The molecule has 1 fully saturated rings. The average molecular weight is 348 g/mol. The summed E-state index contributed by atoms with van der Waals surface area (Å²) in [7, 11) is 0. The number of rotatable bonds is 2. The van der Waals surface area contributed by atoms with Gasteiger partial charge in [0.2, 0.25) is 0 Å². The van der Waals surface area contributed by atoms with Gasteiger partial charge in [0.05, 0.1) is 5.52 Å². The van der Waals surface area contributed by atoms with Gasteiger partial charge in [0.1, 0.15) is 23.8 Å². The number of fused-ring (bicyclic) bond motifs is 2. The molecule has 6 nitrogen and oxygen atoms in total. The first-order chi connectivity index (χ1) is 12.8. The summed E-state index contributed by atoms with van der Waals surface area (Å²) in [4.78, 5) is 10.9. The highest BCUT2D eigenvalue weighted by Gasteiger charge is 2.26. The first kappa shape index (κ1) is 15.2. The molecule has 1 aliphatic rings. The zero-order valence-corrected chi connectivity index (χ0v) is 14.1. The molecule has 0 unspecified atom stereocenters. The van der Waals surface area contributed by atoms with Crippen LogP contribution < -0.4 is 4.90 Å². The van der Waals surface area contributed by atoms with Crippen LogP contribution in [0.4, 0.5) is 10.2 Å². The van der Waals surface area contributed by atoms with Gasteiger partial charge in [-0.25, -0.2) is 14.4 Å². The second-order valence-corrected chi connectivity index (χ2v) is 6.61. The molecule has 0 radical (unpaired) electrons. The lowest BCUT2D eigenvalue weighted by Crippen LogP contribution is -2.34. The van der Waals surface area contributed by atoms with Gasteiger partial charge in [-0.15, -0.1) is 10.2 Å². The van der Waals surface area contributed by atoms with Crippen molar-refractivity contribution >= 4 is 22.4 Å². The van der Waals surface area contributed by atoms with E-state index in [-0.39, 0.29) is 5.82 Å². The normalized spacial score (nSPS) is 15.8. The molecule has 0 saturated carbocycles. The molecule has 4 heterocycles. The van der Waals surface area contributed by atoms with E-state index in [2.05, 4.69) is 29.5 Å². The van der Waals surface area contributed by atoms with E-state index < -0.39 is 0 Å². The highest BCUT2D eigenvalue weighted by molar-refractivity contribution is 5.89. The fourth-order valence-corrected chi connectivity index (χ4v) is 3.76. The van der Waals surface area contributed by atoms with Crippen molar-refractivity contribution in [1.82, 2.24) is 24.6 Å². The van der Waals surface area contributed by atoms with Crippen molar-refractivity contribution in [3.05, 3.63) is 60.6 Å². The maximum absolute atomic E-state index is 13.5. The Hall–Kier alpha value is -3.09. The maximum atomic E-state index is 13.5. The fraction of sp³-hybridized carbons (Fsp3) is 0.263. The SMILES string of the molecule is Fc1ccc2c(N3CCC(c4nnc5ccccn45)CC3)ncnc2c1. The number of hydrogen-bond acceptors (Lipinski definition) is 5. The predicted molar refractivity (Wildman–Crippen MR) is 96.7 cm³/mol. The maximum Gasteiger partial charge on any atom is 0.160 e. The number of pyridine rings is 1. The van der Waals surface area contributed by atoms with Gasteiger partial charge in [0.25, 0.3) is 0 Å². The molecule has 1 aromatic carbocycles. The summed E-state index contributed by atoms with van der Waals surface area (Å²) >= 11 is 0. The zero-order chi connectivity index (χ0) is 17.5. The van der Waals surface area contributed by atoms with Crippen molar-refractivity contribution in [2.45, 2.75) is 18.8 Å². The van der Waals surface area contributed by atoms with Crippen LogP contribution in [0.25, 0.3) is 16.6 Å². The number of halogens is 1. The summed E-state index contributed by atoms with van der Waals surface area (Å²) in [5.74, 6) is 1.99. The Morgan fingerprint density at radius 3 is 2.77 bits per heavy atom. The molecule has 0 amide bonds. The molecule has 0 atom stereocenters. The van der Waals surface area contributed by atoms with Crippen LogP contribution >= 0.6 is 0 Å². The van der Waals surface area contributed by atoms with E-state index in [0.29, 0.717) is 11.4 Å². The molecule has 0 spiro atoms. The largest absolute Gasteiger partial charge is 0.356 e. The standard InChI is InChI=1S/C19H17FN6/c20-14-4-5-15-16(11-14)21-12-22-19(15)25-9-6-13(7-10-25)18-24-23-17-3-1-2-8-26(17)18/h1-5,8,11-13H,6-7,9-10H2. The lowest BCUT2D eigenvalue weighted by Gasteiger charge is -2.32. The number of benzene rings is 1. The lowest BCUT2D eigenvalue weighted by atomic mass is 9.95. The van der Waals surface area contributed by atoms with E-state index in [0.717, 1.165) is 48.6 Å². The van der Waals surface area contributed by atoms with Crippen LogP contribution in [0.3, 0.4) is 0 Å². The minimum atomic E-state index is -0.278. The number of hydrogen-bond donors (Lipinski definition) is 0. The molecule has 7 heteroatoms. The summed E-state index contributed by atoms with van der Waals surface area (Å²) in [6.45, 7) is 1.74. The minimum Gasteiger partial charge on any atom is -0.356 e. The Balaban J connectivity index is 1.41. The molecule has 1 saturated heterocycles. The van der Waals surface area contributed by atoms with Crippen LogP contribution in [0.1, 0.15) is 24.6 Å². The van der Waals surface area contributed by atoms with Crippen LogP contribution in [-0.2, 0) is 0 Å². The summed E-state index contributed by atoms with van der Waals surface area (Å²) in [6, 6.07) is 10.6. The predicted octanol–water partition coefficient (Wildman–Crippen LogP) is 3.20. The van der Waals surface area contributed by atoms with Crippen LogP contribution in [-0.4, -0.2) is 37.7 Å². The van der Waals surface area contributed by atoms with E-state index in [4.69, 9.17) is 0 Å². The van der Waals surface area contributed by atoms with Crippen molar-refractivity contribution in [3.63, 3.8) is 0 Å². The monoisotopic (exact) mass is 348 g/mol. The Labute approximate surface area is 149 Å². The summed E-state index contributed by atoms with van der Waals surface area (Å²) in [5.41, 5.74) is 1.52. The minimum absolute atomic E-state index is 0.278. The lowest BCUT2D eigenvalue weighted by molar-refractivity contribution is 0.481. The molecular formula is C19H17FN6. The third-order valence-electron chi connectivity index (χ3n) is 5.08. The Bertz CT molecular complexity index is 1080. The van der Waals surface area contributed by atoms with Crippen molar-refractivity contribution < 1.29 is 4.39 Å². The third kappa shape index (κ3) is 2.47. The molecule has 26 heavy (non-hydrogen) atoms. The first-order valence-electron chi connectivity index (χ1n) is 8.74. The van der Waals surface area contributed by atoms with E-state index in [1.165, 1.54) is 18.5 Å². The second kappa shape index (κ2) is 6.01. The molecule has 3 aromatic heterocycles. The quantitative estimate of drug-likeness (QED) is 0.557. The van der Waals surface area contributed by atoms with E-state index in [9.17, 15) is 4.39 Å². The highest BCUT2D eigenvalue weighted by Crippen LogP contribution is 2.31. The molecule has 130 valence electrons. The van der Waals surface area contributed by atoms with Gasteiger partial charge in [-0.1, -0.05) is 6.07 Å². The number of piperidine rings is 1. The van der Waals surface area contributed by atoms with Crippen LogP contribution in [0.5, 0.6) is 0 Å². The van der Waals surface area contributed by atoms with Crippen LogP contribution in [0.2, 0.25) is 0 Å². The highest BCUT2D eigenvalue weighted by atomic mass is 19.1. The van der Waals surface area contributed by atoms with Crippen LogP contribution in [0.15, 0.2) is 48.9 Å². The van der Waals surface area contributed by atoms with Crippen molar-refractivity contribution in [3.8, 4) is 0 Å². The molecule has 5 rings (SSSR count). The van der Waals surface area contributed by atoms with E-state index >= 15 is 0 Å².